The third-order valence-electron chi connectivity index (χ3n) is 1.93. The summed E-state index contributed by atoms with van der Waals surface area (Å²) in [6, 6.07) is 1.45. The fourth-order valence-electron chi connectivity index (χ4n) is 1.11. The van der Waals surface area contributed by atoms with Crippen molar-refractivity contribution in [2.75, 3.05) is 0 Å². The maximum atomic E-state index is 13.1. The van der Waals surface area contributed by atoms with E-state index in [2.05, 4.69) is 4.98 Å². The summed E-state index contributed by atoms with van der Waals surface area (Å²) < 4.78 is 18.4. The smallest absolute Gasteiger partial charge is 0.257 e. The number of carbonyl (C=O) groups is 1. The number of aromatic nitrogens is 1. The van der Waals surface area contributed by atoms with E-state index in [0.717, 1.165) is 12.8 Å². The minimum absolute atomic E-state index is 0.0925. The van der Waals surface area contributed by atoms with Crippen LogP contribution in [-0.4, -0.2) is 17.0 Å². The summed E-state index contributed by atoms with van der Waals surface area (Å²) >= 11 is 0. The van der Waals surface area contributed by atoms with Gasteiger partial charge in [0, 0.05) is 6.20 Å². The van der Waals surface area contributed by atoms with Crippen molar-refractivity contribution in [1.29, 1.82) is 0 Å². The molecule has 0 aromatic carbocycles. The molecule has 0 saturated heterocycles. The van der Waals surface area contributed by atoms with Gasteiger partial charge in [-0.3, -0.25) is 4.79 Å². The molecule has 0 atom stereocenters. The molecule has 0 spiro atoms. The Balaban J connectivity index is 2.35. The average molecular weight is 196 g/mol. The molecule has 4 nitrogen and oxygen atoms in total. The topological polar surface area (TPSA) is 65.2 Å². The zero-order valence-electron chi connectivity index (χ0n) is 7.37. The Morgan fingerprint density at radius 2 is 2.36 bits per heavy atom. The second-order valence-electron chi connectivity index (χ2n) is 3.16. The van der Waals surface area contributed by atoms with E-state index < -0.39 is 11.9 Å². The number of nitrogens with two attached hydrogens (primary N) is 1. The van der Waals surface area contributed by atoms with Crippen LogP contribution in [0.1, 0.15) is 23.2 Å². The van der Waals surface area contributed by atoms with Gasteiger partial charge >= 0.3 is 0 Å². The Labute approximate surface area is 79.9 Å². The monoisotopic (exact) mass is 196 g/mol. The normalized spacial score (nSPS) is 15.2. The van der Waals surface area contributed by atoms with Gasteiger partial charge in [-0.2, -0.15) is 4.39 Å². The van der Waals surface area contributed by atoms with E-state index in [1.165, 1.54) is 12.3 Å². The van der Waals surface area contributed by atoms with E-state index in [4.69, 9.17) is 10.5 Å². The first-order chi connectivity index (χ1) is 6.68. The minimum atomic E-state index is -0.879. The van der Waals surface area contributed by atoms with Gasteiger partial charge < -0.3 is 10.5 Å². The SMILES string of the molecule is NC(=O)c1c(OC2CC2)ccnc1F. The van der Waals surface area contributed by atoms with Crippen LogP contribution < -0.4 is 10.5 Å². The van der Waals surface area contributed by atoms with E-state index in [1.54, 1.807) is 0 Å². The highest BCUT2D eigenvalue weighted by molar-refractivity contribution is 5.95. The molecular formula is C9H9FN2O2. The average Bonchev–Trinajstić information content (AvgIpc) is 2.87. The largest absolute Gasteiger partial charge is 0.489 e. The zero-order valence-corrected chi connectivity index (χ0v) is 7.37. The molecule has 1 saturated carbocycles. The molecule has 1 aromatic rings. The van der Waals surface area contributed by atoms with Gasteiger partial charge in [0.1, 0.15) is 11.3 Å². The van der Waals surface area contributed by atoms with Crippen LogP contribution in [0.3, 0.4) is 0 Å². The van der Waals surface area contributed by atoms with Crippen LogP contribution in [0.25, 0.3) is 0 Å². The molecule has 2 rings (SSSR count). The Morgan fingerprint density at radius 1 is 1.64 bits per heavy atom. The molecule has 2 N–H and O–H groups in total. The standard InChI is InChI=1S/C9H9FN2O2/c10-8-7(9(11)13)6(3-4-12-8)14-5-1-2-5/h3-5H,1-2H2,(H2,11,13). The fourth-order valence-corrected chi connectivity index (χ4v) is 1.11. The summed E-state index contributed by atoms with van der Waals surface area (Å²) in [5.74, 6) is -1.55. The zero-order chi connectivity index (χ0) is 10.1. The maximum Gasteiger partial charge on any atom is 0.257 e. The Morgan fingerprint density at radius 3 is 2.93 bits per heavy atom. The van der Waals surface area contributed by atoms with E-state index in [0.29, 0.717) is 0 Å². The summed E-state index contributed by atoms with van der Waals surface area (Å²) in [6.07, 6.45) is 3.21. The summed E-state index contributed by atoms with van der Waals surface area (Å²) in [5, 5.41) is 0. The van der Waals surface area contributed by atoms with E-state index in [1.807, 2.05) is 0 Å². The van der Waals surface area contributed by atoms with Crippen molar-refractivity contribution >= 4 is 5.91 Å². The van der Waals surface area contributed by atoms with Crippen LogP contribution in [0, 0.1) is 5.95 Å². The number of halogens is 1. The number of nitrogens with zero attached hydrogens (tertiary/aromatic N) is 1. The lowest BCUT2D eigenvalue weighted by molar-refractivity contribution is 0.0990. The molecule has 1 amide bonds. The number of rotatable bonds is 3. The minimum Gasteiger partial charge on any atom is -0.489 e. The third-order valence-corrected chi connectivity index (χ3v) is 1.93. The number of pyridine rings is 1. The quantitative estimate of drug-likeness (QED) is 0.729. The summed E-state index contributed by atoms with van der Waals surface area (Å²) in [7, 11) is 0. The lowest BCUT2D eigenvalue weighted by Crippen LogP contribution is -2.16. The predicted molar refractivity (Wildman–Crippen MR) is 46.4 cm³/mol. The molecule has 0 bridgehead atoms. The Kier molecular flexibility index (Phi) is 2.07. The molecule has 1 aliphatic carbocycles. The molecule has 74 valence electrons. The number of amides is 1. The van der Waals surface area contributed by atoms with Gasteiger partial charge in [-0.15, -0.1) is 0 Å². The van der Waals surface area contributed by atoms with Crippen molar-refractivity contribution < 1.29 is 13.9 Å². The van der Waals surface area contributed by atoms with E-state index in [9.17, 15) is 9.18 Å². The second-order valence-corrected chi connectivity index (χ2v) is 3.16. The molecule has 14 heavy (non-hydrogen) atoms. The molecule has 0 unspecified atom stereocenters. The number of hydrogen-bond acceptors (Lipinski definition) is 3. The third kappa shape index (κ3) is 1.66. The van der Waals surface area contributed by atoms with Gasteiger partial charge in [-0.1, -0.05) is 0 Å². The van der Waals surface area contributed by atoms with Gasteiger partial charge in [0.25, 0.3) is 5.91 Å². The highest BCUT2D eigenvalue weighted by atomic mass is 19.1. The van der Waals surface area contributed by atoms with Crippen LogP contribution in [0.5, 0.6) is 5.75 Å². The van der Waals surface area contributed by atoms with Crippen LogP contribution >= 0.6 is 0 Å². The van der Waals surface area contributed by atoms with Gasteiger partial charge in [0.2, 0.25) is 5.95 Å². The van der Waals surface area contributed by atoms with Crippen LogP contribution in [0.2, 0.25) is 0 Å². The molecule has 0 radical (unpaired) electrons. The number of ether oxygens (including phenoxy) is 1. The Bertz CT molecular complexity index is 377. The molecule has 5 heteroatoms. The van der Waals surface area contributed by atoms with Crippen molar-refractivity contribution in [3.8, 4) is 5.75 Å². The number of carbonyl (C=O) groups excluding carboxylic acids is 1. The van der Waals surface area contributed by atoms with Gasteiger partial charge in [0.05, 0.1) is 6.10 Å². The van der Waals surface area contributed by atoms with Crippen molar-refractivity contribution in [2.45, 2.75) is 18.9 Å². The molecule has 1 fully saturated rings. The molecule has 1 aromatic heterocycles. The number of hydrogen-bond donors (Lipinski definition) is 1. The highest BCUT2D eigenvalue weighted by Crippen LogP contribution is 2.29. The summed E-state index contributed by atoms with van der Waals surface area (Å²) in [6.45, 7) is 0. The highest BCUT2D eigenvalue weighted by Gasteiger charge is 2.26. The van der Waals surface area contributed by atoms with E-state index in [-0.39, 0.29) is 17.4 Å². The van der Waals surface area contributed by atoms with E-state index >= 15 is 0 Å². The van der Waals surface area contributed by atoms with Crippen LogP contribution in [0.15, 0.2) is 12.3 Å². The van der Waals surface area contributed by atoms with Crippen molar-refractivity contribution in [1.82, 2.24) is 4.98 Å². The predicted octanol–water partition coefficient (Wildman–Crippen LogP) is 0.861. The molecular weight excluding hydrogens is 187 g/mol. The first-order valence-electron chi connectivity index (χ1n) is 4.29. The fraction of sp³-hybridized carbons (Fsp3) is 0.333. The first-order valence-corrected chi connectivity index (χ1v) is 4.29. The lowest BCUT2D eigenvalue weighted by Gasteiger charge is -2.07. The maximum absolute atomic E-state index is 13.1. The second kappa shape index (κ2) is 3.25. The van der Waals surface area contributed by atoms with Crippen LogP contribution in [0.4, 0.5) is 4.39 Å². The van der Waals surface area contributed by atoms with Gasteiger partial charge in [-0.25, -0.2) is 4.98 Å². The van der Waals surface area contributed by atoms with Crippen LogP contribution in [-0.2, 0) is 0 Å². The van der Waals surface area contributed by atoms with Gasteiger partial charge in [0.15, 0.2) is 0 Å². The van der Waals surface area contributed by atoms with Crippen molar-refractivity contribution in [3.05, 3.63) is 23.8 Å². The molecule has 1 aliphatic rings. The Hall–Kier alpha value is -1.65. The van der Waals surface area contributed by atoms with Crippen molar-refractivity contribution in [3.63, 3.8) is 0 Å². The number of primary amides is 1. The molecule has 1 heterocycles. The molecule has 0 aliphatic heterocycles. The summed E-state index contributed by atoms with van der Waals surface area (Å²) in [5.41, 5.74) is 4.75. The lowest BCUT2D eigenvalue weighted by atomic mass is 10.2. The van der Waals surface area contributed by atoms with Gasteiger partial charge in [-0.05, 0) is 18.9 Å². The summed E-state index contributed by atoms with van der Waals surface area (Å²) in [4.78, 5) is 14.2. The van der Waals surface area contributed by atoms with Crippen molar-refractivity contribution in [2.24, 2.45) is 5.73 Å². The first kappa shape index (κ1) is 8.93.